The molecule has 0 aliphatic heterocycles. The lowest BCUT2D eigenvalue weighted by atomic mass is 10.1. The minimum atomic E-state index is -0.410. The highest BCUT2D eigenvalue weighted by Gasteiger charge is 2.12. The number of carbonyl (C=O) groups is 2. The number of benzene rings is 1. The Morgan fingerprint density at radius 2 is 2.05 bits per heavy atom. The van der Waals surface area contributed by atoms with E-state index in [1.165, 1.54) is 13.4 Å². The van der Waals surface area contributed by atoms with Crippen LogP contribution < -0.4 is 5.32 Å². The molecule has 0 saturated carbocycles. The van der Waals surface area contributed by atoms with E-state index in [2.05, 4.69) is 10.1 Å². The maximum absolute atomic E-state index is 11.8. The summed E-state index contributed by atoms with van der Waals surface area (Å²) in [5.41, 5.74) is 1.83. The maximum Gasteiger partial charge on any atom is 0.337 e. The van der Waals surface area contributed by atoms with Gasteiger partial charge in [-0.1, -0.05) is 0 Å². The van der Waals surface area contributed by atoms with Gasteiger partial charge >= 0.3 is 5.97 Å². The van der Waals surface area contributed by atoms with Crippen LogP contribution in [0.2, 0.25) is 0 Å². The van der Waals surface area contributed by atoms with Crippen LogP contribution in [0.15, 0.2) is 41.0 Å². The van der Waals surface area contributed by atoms with Crippen molar-refractivity contribution in [3.8, 4) is 0 Å². The zero-order chi connectivity index (χ0) is 13.8. The first-order valence-electron chi connectivity index (χ1n) is 5.65. The van der Waals surface area contributed by atoms with Crippen LogP contribution in [0.3, 0.4) is 0 Å². The fourth-order valence-electron chi connectivity index (χ4n) is 1.64. The molecule has 98 valence electrons. The molecule has 0 unspecified atom stereocenters. The molecule has 1 heterocycles. The number of hydrogen-bond donors (Lipinski definition) is 1. The minimum absolute atomic E-state index is 0.233. The minimum Gasteiger partial charge on any atom is -0.465 e. The van der Waals surface area contributed by atoms with Gasteiger partial charge in [-0.25, -0.2) is 4.79 Å². The summed E-state index contributed by atoms with van der Waals surface area (Å²) in [5, 5.41) is 2.71. The third-order valence-corrected chi connectivity index (χ3v) is 2.64. The number of aryl methyl sites for hydroxylation is 1. The molecule has 0 atom stereocenters. The lowest BCUT2D eigenvalue weighted by Crippen LogP contribution is -2.12. The quantitative estimate of drug-likeness (QED) is 0.860. The molecule has 0 saturated heterocycles. The lowest BCUT2D eigenvalue weighted by molar-refractivity contribution is 0.0600. The van der Waals surface area contributed by atoms with E-state index in [4.69, 9.17) is 4.42 Å². The Morgan fingerprint density at radius 3 is 2.63 bits per heavy atom. The Bertz CT molecular complexity index is 602. The molecule has 0 spiro atoms. The van der Waals surface area contributed by atoms with Gasteiger partial charge in [0.2, 0.25) is 0 Å². The van der Waals surface area contributed by atoms with Gasteiger partial charge in [0.15, 0.2) is 5.76 Å². The summed E-state index contributed by atoms with van der Waals surface area (Å²) in [7, 11) is 1.32. The van der Waals surface area contributed by atoms with Crippen molar-refractivity contribution < 1.29 is 18.7 Å². The number of methoxy groups -OCH3 is 1. The Hall–Kier alpha value is -2.56. The molecular formula is C14H13NO4. The summed E-state index contributed by atoms with van der Waals surface area (Å²) >= 11 is 0. The number of ether oxygens (including phenoxy) is 1. The number of rotatable bonds is 3. The average molecular weight is 259 g/mol. The fourth-order valence-corrected chi connectivity index (χ4v) is 1.64. The van der Waals surface area contributed by atoms with Crippen LogP contribution in [-0.4, -0.2) is 19.0 Å². The smallest absolute Gasteiger partial charge is 0.337 e. The van der Waals surface area contributed by atoms with Crippen LogP contribution in [-0.2, 0) is 4.74 Å². The highest BCUT2D eigenvalue weighted by molar-refractivity contribution is 6.03. The van der Waals surface area contributed by atoms with Crippen LogP contribution in [0.5, 0.6) is 0 Å². The van der Waals surface area contributed by atoms with Gasteiger partial charge in [-0.15, -0.1) is 0 Å². The predicted molar refractivity (Wildman–Crippen MR) is 69.2 cm³/mol. The van der Waals surface area contributed by atoms with Gasteiger partial charge in [-0.3, -0.25) is 4.79 Å². The Balaban J connectivity index is 2.18. The van der Waals surface area contributed by atoms with Crippen molar-refractivity contribution in [2.45, 2.75) is 6.92 Å². The second kappa shape index (κ2) is 5.39. The molecule has 1 N–H and O–H groups in total. The summed E-state index contributed by atoms with van der Waals surface area (Å²) in [6, 6.07) is 8.12. The molecule has 2 aromatic rings. The molecule has 5 nitrogen and oxygen atoms in total. The number of furan rings is 1. The standard InChI is InChI=1S/C14H13NO4/c1-9-8-10(14(17)18-2)5-6-11(9)15-13(16)12-4-3-7-19-12/h3-8H,1-2H3,(H,15,16). The maximum atomic E-state index is 11.8. The van der Waals surface area contributed by atoms with Gasteiger partial charge in [0.05, 0.1) is 18.9 Å². The second-order valence-electron chi connectivity index (χ2n) is 3.95. The van der Waals surface area contributed by atoms with E-state index in [1.54, 1.807) is 37.3 Å². The number of anilines is 1. The molecule has 0 aliphatic rings. The molecule has 1 amide bonds. The monoisotopic (exact) mass is 259 g/mol. The first kappa shape index (κ1) is 12.9. The summed E-state index contributed by atoms with van der Waals surface area (Å²) < 4.78 is 9.63. The third kappa shape index (κ3) is 2.82. The predicted octanol–water partition coefficient (Wildman–Crippen LogP) is 2.63. The van der Waals surface area contributed by atoms with Crippen LogP contribution in [0.25, 0.3) is 0 Å². The number of hydrogen-bond acceptors (Lipinski definition) is 4. The van der Waals surface area contributed by atoms with Gasteiger partial charge < -0.3 is 14.5 Å². The molecule has 0 bridgehead atoms. The van der Waals surface area contributed by atoms with E-state index >= 15 is 0 Å². The number of esters is 1. The Kier molecular flexibility index (Phi) is 3.66. The van der Waals surface area contributed by atoms with Crippen LogP contribution in [0.1, 0.15) is 26.5 Å². The third-order valence-electron chi connectivity index (χ3n) is 2.64. The van der Waals surface area contributed by atoms with Crippen LogP contribution in [0.4, 0.5) is 5.69 Å². The number of amides is 1. The lowest BCUT2D eigenvalue weighted by Gasteiger charge is -2.08. The van der Waals surface area contributed by atoms with Gasteiger partial charge in [0, 0.05) is 5.69 Å². The first-order chi connectivity index (χ1) is 9.11. The zero-order valence-electron chi connectivity index (χ0n) is 10.6. The Morgan fingerprint density at radius 1 is 1.26 bits per heavy atom. The topological polar surface area (TPSA) is 68.5 Å². The largest absolute Gasteiger partial charge is 0.465 e. The first-order valence-corrected chi connectivity index (χ1v) is 5.65. The molecule has 1 aromatic heterocycles. The number of carbonyl (C=O) groups excluding carboxylic acids is 2. The van der Waals surface area contributed by atoms with E-state index in [0.717, 1.165) is 5.56 Å². The molecule has 1 aromatic carbocycles. The van der Waals surface area contributed by atoms with Crippen molar-refractivity contribution in [1.82, 2.24) is 0 Å². The van der Waals surface area contributed by atoms with Gasteiger partial charge in [0.1, 0.15) is 0 Å². The van der Waals surface area contributed by atoms with Crippen molar-refractivity contribution in [2.75, 3.05) is 12.4 Å². The highest BCUT2D eigenvalue weighted by Crippen LogP contribution is 2.18. The fraction of sp³-hybridized carbons (Fsp3) is 0.143. The van der Waals surface area contributed by atoms with Gasteiger partial charge in [-0.05, 0) is 42.8 Å². The summed E-state index contributed by atoms with van der Waals surface area (Å²) in [5.74, 6) is -0.512. The zero-order valence-corrected chi connectivity index (χ0v) is 10.6. The van der Waals surface area contributed by atoms with Gasteiger partial charge in [-0.2, -0.15) is 0 Å². The normalized spacial score (nSPS) is 10.0. The molecule has 0 radical (unpaired) electrons. The average Bonchev–Trinajstić information content (AvgIpc) is 2.94. The summed E-state index contributed by atoms with van der Waals surface area (Å²) in [4.78, 5) is 23.2. The van der Waals surface area contributed by atoms with Crippen molar-refractivity contribution in [2.24, 2.45) is 0 Å². The molecule has 0 fully saturated rings. The van der Waals surface area contributed by atoms with Crippen molar-refractivity contribution in [1.29, 1.82) is 0 Å². The highest BCUT2D eigenvalue weighted by atomic mass is 16.5. The molecule has 2 rings (SSSR count). The van der Waals surface area contributed by atoms with E-state index in [1.807, 2.05) is 0 Å². The van der Waals surface area contributed by atoms with E-state index < -0.39 is 5.97 Å². The van der Waals surface area contributed by atoms with Crippen molar-refractivity contribution >= 4 is 17.6 Å². The van der Waals surface area contributed by atoms with Crippen LogP contribution >= 0.6 is 0 Å². The van der Waals surface area contributed by atoms with Crippen molar-refractivity contribution in [3.05, 3.63) is 53.5 Å². The summed E-state index contributed by atoms with van der Waals surface area (Å²) in [6.45, 7) is 1.80. The van der Waals surface area contributed by atoms with Crippen molar-refractivity contribution in [3.63, 3.8) is 0 Å². The van der Waals surface area contributed by atoms with E-state index in [-0.39, 0.29) is 11.7 Å². The molecular weight excluding hydrogens is 246 g/mol. The van der Waals surface area contributed by atoms with E-state index in [0.29, 0.717) is 11.3 Å². The number of nitrogens with one attached hydrogen (secondary N) is 1. The van der Waals surface area contributed by atoms with Crippen LogP contribution in [0, 0.1) is 6.92 Å². The van der Waals surface area contributed by atoms with E-state index in [9.17, 15) is 9.59 Å². The SMILES string of the molecule is COC(=O)c1ccc(NC(=O)c2ccco2)c(C)c1. The van der Waals surface area contributed by atoms with Gasteiger partial charge in [0.25, 0.3) is 5.91 Å². The summed E-state index contributed by atoms with van der Waals surface area (Å²) in [6.07, 6.45) is 1.43. The molecule has 0 aliphatic carbocycles. The second-order valence-corrected chi connectivity index (χ2v) is 3.95. The molecule has 5 heteroatoms. The molecule has 19 heavy (non-hydrogen) atoms. The Labute approximate surface area is 110 Å².